The smallest absolute Gasteiger partial charge is 0.251 e. The molecular weight excluding hydrogens is 243 g/mol. The van der Waals surface area contributed by atoms with Crippen LogP contribution in [0.5, 0.6) is 0 Å². The van der Waals surface area contributed by atoms with Crippen molar-refractivity contribution < 1.29 is 9.18 Å². The fraction of sp³-hybridized carbons (Fsp3) is 0.533. The Bertz CT molecular complexity index is 501. The largest absolute Gasteiger partial charge is 0.347 e. The Morgan fingerprint density at radius 1 is 1.16 bits per heavy atom. The third kappa shape index (κ3) is 2.37. The summed E-state index contributed by atoms with van der Waals surface area (Å²) in [6.07, 6.45) is 5.93. The highest BCUT2D eigenvalue weighted by atomic mass is 19.1. The lowest BCUT2D eigenvalue weighted by atomic mass is 9.79. The Morgan fingerprint density at radius 2 is 1.89 bits per heavy atom. The monoisotopic (exact) mass is 262 g/mol. The second-order valence-corrected chi connectivity index (χ2v) is 6.13. The number of rotatable bonds is 2. The van der Waals surface area contributed by atoms with E-state index in [1.165, 1.54) is 24.3 Å². The maximum Gasteiger partial charge on any atom is 0.251 e. The zero-order valence-electron chi connectivity index (χ0n) is 10.9. The van der Waals surface area contributed by atoms with E-state index in [4.69, 9.17) is 5.73 Å². The first kappa shape index (κ1) is 12.6. The highest BCUT2D eigenvalue weighted by molar-refractivity contribution is 5.94. The number of benzene rings is 1. The molecule has 2 aliphatic carbocycles. The Kier molecular flexibility index (Phi) is 2.86. The van der Waals surface area contributed by atoms with Crippen molar-refractivity contribution in [1.29, 1.82) is 0 Å². The summed E-state index contributed by atoms with van der Waals surface area (Å²) < 4.78 is 12.9. The van der Waals surface area contributed by atoms with Crippen LogP contribution in [0.3, 0.4) is 0 Å². The second-order valence-electron chi connectivity index (χ2n) is 6.13. The summed E-state index contributed by atoms with van der Waals surface area (Å²) >= 11 is 0. The molecule has 0 aliphatic heterocycles. The summed E-state index contributed by atoms with van der Waals surface area (Å²) in [5, 5.41) is 3.14. The van der Waals surface area contributed by atoms with E-state index in [1.807, 2.05) is 0 Å². The number of halogens is 1. The van der Waals surface area contributed by atoms with Crippen LogP contribution in [0.4, 0.5) is 4.39 Å². The molecule has 3 N–H and O–H groups in total. The lowest BCUT2D eigenvalue weighted by Crippen LogP contribution is -2.52. The summed E-state index contributed by atoms with van der Waals surface area (Å²) in [6, 6.07) is 5.67. The number of carbonyl (C=O) groups is 1. The van der Waals surface area contributed by atoms with E-state index in [2.05, 4.69) is 5.32 Å². The van der Waals surface area contributed by atoms with E-state index >= 15 is 0 Å². The molecule has 0 heterocycles. The Morgan fingerprint density at radius 3 is 2.63 bits per heavy atom. The van der Waals surface area contributed by atoms with Gasteiger partial charge < -0.3 is 11.1 Å². The molecule has 2 aliphatic rings. The Labute approximate surface area is 112 Å². The van der Waals surface area contributed by atoms with Crippen LogP contribution in [0, 0.1) is 5.82 Å². The molecule has 3 nitrogen and oxygen atoms in total. The van der Waals surface area contributed by atoms with Gasteiger partial charge in [0.05, 0.1) is 0 Å². The lowest BCUT2D eigenvalue weighted by Gasteiger charge is -2.38. The van der Waals surface area contributed by atoms with Crippen molar-refractivity contribution in [2.75, 3.05) is 0 Å². The van der Waals surface area contributed by atoms with Gasteiger partial charge in [0, 0.05) is 16.6 Å². The quantitative estimate of drug-likeness (QED) is 0.859. The number of nitrogens with one attached hydrogen (secondary N) is 1. The molecule has 1 aromatic carbocycles. The van der Waals surface area contributed by atoms with Gasteiger partial charge in [-0.2, -0.15) is 0 Å². The fourth-order valence-electron chi connectivity index (χ4n) is 3.63. The molecule has 1 aromatic rings. The number of hydrogen-bond acceptors (Lipinski definition) is 2. The van der Waals surface area contributed by atoms with Crippen LogP contribution in [0.1, 0.15) is 48.9 Å². The fourth-order valence-corrected chi connectivity index (χ4v) is 3.63. The second kappa shape index (κ2) is 4.30. The van der Waals surface area contributed by atoms with E-state index in [9.17, 15) is 9.18 Å². The molecule has 2 atom stereocenters. The lowest BCUT2D eigenvalue weighted by molar-refractivity contribution is 0.0876. The van der Waals surface area contributed by atoms with Gasteiger partial charge >= 0.3 is 0 Å². The van der Waals surface area contributed by atoms with Crippen LogP contribution in [-0.4, -0.2) is 17.0 Å². The summed E-state index contributed by atoms with van der Waals surface area (Å²) in [7, 11) is 0. The van der Waals surface area contributed by atoms with Crippen molar-refractivity contribution in [1.82, 2.24) is 5.32 Å². The van der Waals surface area contributed by atoms with Crippen LogP contribution in [0.25, 0.3) is 0 Å². The molecule has 0 radical (unpaired) electrons. The first-order valence-corrected chi connectivity index (χ1v) is 6.87. The van der Waals surface area contributed by atoms with Gasteiger partial charge in [-0.05, 0) is 62.8 Å². The number of amides is 1. The molecule has 2 saturated carbocycles. The molecule has 0 spiro atoms. The average Bonchev–Trinajstić information content (AvgIpc) is 2.60. The minimum absolute atomic E-state index is 0.0890. The van der Waals surface area contributed by atoms with E-state index < -0.39 is 0 Å². The SMILES string of the molecule is NC12CCCC(NC(=O)c3ccc(F)cc3)(CC1)C2. The molecule has 0 saturated heterocycles. The zero-order valence-corrected chi connectivity index (χ0v) is 10.9. The van der Waals surface area contributed by atoms with Crippen LogP contribution < -0.4 is 11.1 Å². The van der Waals surface area contributed by atoms with Gasteiger partial charge in [0.1, 0.15) is 5.82 Å². The van der Waals surface area contributed by atoms with E-state index in [0.717, 1.165) is 38.5 Å². The summed E-state index contributed by atoms with van der Waals surface area (Å²) in [5.41, 5.74) is 6.60. The third-order valence-electron chi connectivity index (χ3n) is 4.61. The summed E-state index contributed by atoms with van der Waals surface area (Å²) in [4.78, 5) is 12.2. The van der Waals surface area contributed by atoms with Crippen LogP contribution >= 0.6 is 0 Å². The standard InChI is InChI=1S/C15H19FN2O/c16-12-4-2-11(3-5-12)13(19)18-15-7-1-6-14(17,10-15)8-9-15/h2-5H,1,6-10,17H2,(H,18,19). The van der Waals surface area contributed by atoms with Gasteiger partial charge in [0.15, 0.2) is 0 Å². The highest BCUT2D eigenvalue weighted by Gasteiger charge is 2.49. The molecule has 102 valence electrons. The van der Waals surface area contributed by atoms with Crippen molar-refractivity contribution in [3.05, 3.63) is 35.6 Å². The maximum atomic E-state index is 12.9. The van der Waals surface area contributed by atoms with Crippen molar-refractivity contribution in [2.45, 2.75) is 49.6 Å². The molecule has 0 aromatic heterocycles. The van der Waals surface area contributed by atoms with Gasteiger partial charge in [-0.1, -0.05) is 0 Å². The molecule has 1 amide bonds. The van der Waals surface area contributed by atoms with E-state index in [0.29, 0.717) is 5.56 Å². The van der Waals surface area contributed by atoms with Crippen LogP contribution in [0.2, 0.25) is 0 Å². The number of carbonyl (C=O) groups excluding carboxylic acids is 1. The average molecular weight is 262 g/mol. The zero-order chi connectivity index (χ0) is 13.5. The minimum atomic E-state index is -0.325. The van der Waals surface area contributed by atoms with Gasteiger partial charge in [-0.15, -0.1) is 0 Å². The molecule has 19 heavy (non-hydrogen) atoms. The van der Waals surface area contributed by atoms with Crippen molar-refractivity contribution >= 4 is 5.91 Å². The summed E-state index contributed by atoms with van der Waals surface area (Å²) in [5.74, 6) is -0.444. The van der Waals surface area contributed by atoms with E-state index in [-0.39, 0.29) is 22.8 Å². The Hall–Kier alpha value is -1.42. The highest BCUT2D eigenvalue weighted by Crippen LogP contribution is 2.46. The van der Waals surface area contributed by atoms with Gasteiger partial charge in [-0.25, -0.2) is 4.39 Å². The van der Waals surface area contributed by atoms with Gasteiger partial charge in [0.25, 0.3) is 5.91 Å². The third-order valence-corrected chi connectivity index (χ3v) is 4.61. The molecule has 2 fully saturated rings. The molecule has 2 bridgehead atoms. The topological polar surface area (TPSA) is 55.1 Å². The first-order valence-electron chi connectivity index (χ1n) is 6.87. The van der Waals surface area contributed by atoms with Crippen LogP contribution in [0.15, 0.2) is 24.3 Å². The van der Waals surface area contributed by atoms with Crippen molar-refractivity contribution in [2.24, 2.45) is 5.73 Å². The van der Waals surface area contributed by atoms with Crippen molar-refractivity contribution in [3.8, 4) is 0 Å². The van der Waals surface area contributed by atoms with Gasteiger partial charge in [0.2, 0.25) is 0 Å². The minimum Gasteiger partial charge on any atom is -0.347 e. The summed E-state index contributed by atoms with van der Waals surface area (Å²) in [6.45, 7) is 0. The predicted molar refractivity (Wildman–Crippen MR) is 71.2 cm³/mol. The molecular formula is C15H19FN2O. The number of nitrogens with two attached hydrogens (primary N) is 1. The molecule has 2 unspecified atom stereocenters. The van der Waals surface area contributed by atoms with E-state index in [1.54, 1.807) is 0 Å². The molecule has 4 heteroatoms. The van der Waals surface area contributed by atoms with Crippen LogP contribution in [-0.2, 0) is 0 Å². The normalized spacial score (nSPS) is 33.2. The maximum absolute atomic E-state index is 12.9. The Balaban J connectivity index is 1.74. The molecule has 3 rings (SSSR count). The first-order chi connectivity index (χ1) is 9.00. The predicted octanol–water partition coefficient (Wildman–Crippen LogP) is 2.36. The number of hydrogen-bond donors (Lipinski definition) is 2. The number of fused-ring (bicyclic) bond motifs is 2. The van der Waals surface area contributed by atoms with Crippen molar-refractivity contribution in [3.63, 3.8) is 0 Å². The van der Waals surface area contributed by atoms with Gasteiger partial charge in [-0.3, -0.25) is 4.79 Å².